The van der Waals surface area contributed by atoms with E-state index in [4.69, 9.17) is 11.6 Å². The maximum atomic E-state index is 14.9. The molecule has 198 valence electrons. The Morgan fingerprint density at radius 3 is 1.78 bits per heavy atom. The molecule has 0 nitrogen and oxygen atoms in total. The monoisotopic (exact) mass is 518 g/mol. The molecule has 0 aromatic heterocycles. The molecule has 2 fully saturated rings. The standard InChI is InChI=1S/C32H42ClF3/c1-2-3-4-5-6-22-7-9-23(10-8-22)11-12-24-13-15-25(16-14-24)27-20-30(35)32(31(36)21-27)26-17-18-28(33)29(34)19-26/h17-25H,2-16H2,1H3. The molecule has 0 atom stereocenters. The highest BCUT2D eigenvalue weighted by Gasteiger charge is 2.26. The van der Waals surface area contributed by atoms with Gasteiger partial charge in [0.05, 0.1) is 10.6 Å². The van der Waals surface area contributed by atoms with Gasteiger partial charge in [0.25, 0.3) is 0 Å². The molecule has 0 saturated heterocycles. The average Bonchev–Trinajstić information content (AvgIpc) is 2.88. The van der Waals surface area contributed by atoms with Crippen LogP contribution >= 0.6 is 11.6 Å². The highest BCUT2D eigenvalue weighted by Crippen LogP contribution is 2.41. The average molecular weight is 519 g/mol. The Morgan fingerprint density at radius 1 is 0.667 bits per heavy atom. The van der Waals surface area contributed by atoms with Crippen LogP contribution in [0.4, 0.5) is 13.2 Å². The van der Waals surface area contributed by atoms with Crippen molar-refractivity contribution >= 4 is 11.6 Å². The second kappa shape index (κ2) is 13.4. The molecule has 36 heavy (non-hydrogen) atoms. The SMILES string of the molecule is CCCCCCC1CCC(CCC2CCC(c3cc(F)c(-c4ccc(Cl)c(F)c4)c(F)c3)CC2)CC1. The van der Waals surface area contributed by atoms with Crippen molar-refractivity contribution in [2.75, 3.05) is 0 Å². The summed E-state index contributed by atoms with van der Waals surface area (Å²) in [4.78, 5) is 0. The molecule has 0 heterocycles. The number of hydrogen-bond donors (Lipinski definition) is 0. The maximum Gasteiger partial charge on any atom is 0.142 e. The third-order valence-electron chi connectivity index (χ3n) is 9.01. The van der Waals surface area contributed by atoms with Crippen molar-refractivity contribution in [1.82, 2.24) is 0 Å². The number of rotatable bonds is 10. The largest absolute Gasteiger partial charge is 0.206 e. The van der Waals surface area contributed by atoms with Crippen LogP contribution in [0, 0.1) is 35.2 Å². The summed E-state index contributed by atoms with van der Waals surface area (Å²) < 4.78 is 43.7. The molecule has 2 aromatic rings. The van der Waals surface area contributed by atoms with Crippen LogP contribution in [0.5, 0.6) is 0 Å². The predicted molar refractivity (Wildman–Crippen MR) is 145 cm³/mol. The Hall–Kier alpha value is -1.48. The molecule has 2 aliphatic rings. The molecule has 0 unspecified atom stereocenters. The zero-order valence-electron chi connectivity index (χ0n) is 21.8. The van der Waals surface area contributed by atoms with Crippen LogP contribution in [-0.4, -0.2) is 0 Å². The first-order valence-corrected chi connectivity index (χ1v) is 14.8. The summed E-state index contributed by atoms with van der Waals surface area (Å²) >= 11 is 5.72. The molecular formula is C32H42ClF3. The van der Waals surface area contributed by atoms with Crippen molar-refractivity contribution in [3.05, 3.63) is 58.4 Å². The summed E-state index contributed by atoms with van der Waals surface area (Å²) in [6, 6.07) is 6.79. The summed E-state index contributed by atoms with van der Waals surface area (Å²) in [5, 5.41) is -0.0570. The molecule has 0 spiro atoms. The van der Waals surface area contributed by atoms with E-state index in [2.05, 4.69) is 6.92 Å². The zero-order chi connectivity index (χ0) is 25.5. The lowest BCUT2D eigenvalue weighted by molar-refractivity contribution is 0.222. The van der Waals surface area contributed by atoms with Crippen molar-refractivity contribution < 1.29 is 13.2 Å². The zero-order valence-corrected chi connectivity index (χ0v) is 22.6. The third-order valence-corrected chi connectivity index (χ3v) is 9.31. The van der Waals surface area contributed by atoms with E-state index in [1.54, 1.807) is 0 Å². The molecule has 0 aliphatic heterocycles. The van der Waals surface area contributed by atoms with Crippen LogP contribution in [0.3, 0.4) is 0 Å². The van der Waals surface area contributed by atoms with Gasteiger partial charge in [-0.05, 0) is 84.7 Å². The summed E-state index contributed by atoms with van der Waals surface area (Å²) in [6.07, 6.45) is 19.6. The van der Waals surface area contributed by atoms with Gasteiger partial charge >= 0.3 is 0 Å². The Balaban J connectivity index is 1.22. The van der Waals surface area contributed by atoms with E-state index in [0.717, 1.165) is 55.1 Å². The molecule has 0 N–H and O–H groups in total. The molecule has 4 heteroatoms. The Morgan fingerprint density at radius 2 is 1.22 bits per heavy atom. The fourth-order valence-electron chi connectivity index (χ4n) is 6.68. The highest BCUT2D eigenvalue weighted by atomic mass is 35.5. The van der Waals surface area contributed by atoms with Crippen molar-refractivity contribution in [1.29, 1.82) is 0 Å². The number of halogens is 4. The Kier molecular flexibility index (Phi) is 10.2. The number of benzene rings is 2. The molecule has 0 amide bonds. The van der Waals surface area contributed by atoms with Gasteiger partial charge in [0.2, 0.25) is 0 Å². The number of hydrogen-bond acceptors (Lipinski definition) is 0. The Labute approximate surface area is 221 Å². The van der Waals surface area contributed by atoms with Crippen LogP contribution in [-0.2, 0) is 0 Å². The molecular weight excluding hydrogens is 477 g/mol. The van der Waals surface area contributed by atoms with Crippen molar-refractivity contribution in [3.8, 4) is 11.1 Å². The van der Waals surface area contributed by atoms with Gasteiger partial charge in [0, 0.05) is 0 Å². The van der Waals surface area contributed by atoms with E-state index in [1.165, 1.54) is 94.9 Å². The first-order chi connectivity index (χ1) is 17.4. The lowest BCUT2D eigenvalue weighted by Crippen LogP contribution is -2.18. The smallest absolute Gasteiger partial charge is 0.142 e. The first kappa shape index (κ1) is 27.6. The van der Waals surface area contributed by atoms with Gasteiger partial charge in [-0.15, -0.1) is 0 Å². The maximum absolute atomic E-state index is 14.9. The van der Waals surface area contributed by atoms with Crippen molar-refractivity contribution in [2.24, 2.45) is 17.8 Å². The normalized spacial score (nSPS) is 24.7. The molecule has 0 radical (unpaired) electrons. The minimum atomic E-state index is -0.675. The first-order valence-electron chi connectivity index (χ1n) is 14.4. The van der Waals surface area contributed by atoms with Gasteiger partial charge in [0.15, 0.2) is 0 Å². The third kappa shape index (κ3) is 7.30. The van der Waals surface area contributed by atoms with Crippen molar-refractivity contribution in [2.45, 2.75) is 109 Å². The van der Waals surface area contributed by atoms with Crippen LogP contribution in [0.25, 0.3) is 11.1 Å². The second-order valence-corrected chi connectivity index (χ2v) is 11.9. The summed E-state index contributed by atoms with van der Waals surface area (Å²) in [6.45, 7) is 2.28. The van der Waals surface area contributed by atoms with Crippen LogP contribution < -0.4 is 0 Å². The van der Waals surface area contributed by atoms with Gasteiger partial charge in [-0.3, -0.25) is 0 Å². The molecule has 0 bridgehead atoms. The topological polar surface area (TPSA) is 0 Å². The van der Waals surface area contributed by atoms with Gasteiger partial charge < -0.3 is 0 Å². The fraction of sp³-hybridized carbons (Fsp3) is 0.625. The lowest BCUT2D eigenvalue weighted by atomic mass is 9.74. The number of unbranched alkanes of at least 4 members (excludes halogenated alkanes) is 3. The minimum absolute atomic E-state index is 0.0570. The predicted octanol–water partition coefficient (Wildman–Crippen LogP) is 11.3. The molecule has 2 aromatic carbocycles. The minimum Gasteiger partial charge on any atom is -0.206 e. The van der Waals surface area contributed by atoms with E-state index >= 15 is 0 Å². The Bertz CT molecular complexity index is 948. The quantitative estimate of drug-likeness (QED) is 0.274. The van der Waals surface area contributed by atoms with Gasteiger partial charge in [0.1, 0.15) is 17.5 Å². The van der Waals surface area contributed by atoms with Gasteiger partial charge in [-0.25, -0.2) is 13.2 Å². The molecule has 2 saturated carbocycles. The van der Waals surface area contributed by atoms with Crippen molar-refractivity contribution in [3.63, 3.8) is 0 Å². The van der Waals surface area contributed by atoms with E-state index in [-0.39, 0.29) is 22.1 Å². The summed E-state index contributed by atoms with van der Waals surface area (Å²) in [7, 11) is 0. The summed E-state index contributed by atoms with van der Waals surface area (Å²) in [5.74, 6) is 0.890. The lowest BCUT2D eigenvalue weighted by Gasteiger charge is -2.32. The molecule has 4 rings (SSSR count). The van der Waals surface area contributed by atoms with Gasteiger partial charge in [-0.1, -0.05) is 95.2 Å². The van der Waals surface area contributed by atoms with Crippen LogP contribution in [0.1, 0.15) is 115 Å². The van der Waals surface area contributed by atoms with Gasteiger partial charge in [-0.2, -0.15) is 0 Å². The van der Waals surface area contributed by atoms with E-state index < -0.39 is 17.5 Å². The second-order valence-electron chi connectivity index (χ2n) is 11.5. The van der Waals surface area contributed by atoms with E-state index in [9.17, 15) is 13.2 Å². The van der Waals surface area contributed by atoms with E-state index in [1.807, 2.05) is 0 Å². The summed E-state index contributed by atoms with van der Waals surface area (Å²) in [5.41, 5.74) is 0.727. The fourth-order valence-corrected chi connectivity index (χ4v) is 6.80. The highest BCUT2D eigenvalue weighted by molar-refractivity contribution is 6.30. The van der Waals surface area contributed by atoms with Crippen LogP contribution in [0.2, 0.25) is 5.02 Å². The van der Waals surface area contributed by atoms with E-state index in [0.29, 0.717) is 0 Å². The molecule has 2 aliphatic carbocycles. The van der Waals surface area contributed by atoms with Crippen LogP contribution in [0.15, 0.2) is 30.3 Å².